The molecule has 0 aliphatic heterocycles. The number of benzene rings is 2. The van der Waals surface area contributed by atoms with Gasteiger partial charge in [0, 0.05) is 18.0 Å². The van der Waals surface area contributed by atoms with Gasteiger partial charge < -0.3 is 19.5 Å². The van der Waals surface area contributed by atoms with E-state index in [-0.39, 0.29) is 24.3 Å². The van der Waals surface area contributed by atoms with Gasteiger partial charge in [0.1, 0.15) is 17.4 Å². The number of esters is 1. The summed E-state index contributed by atoms with van der Waals surface area (Å²) in [5.74, 6) is 0.296. The largest absolute Gasteiger partial charge is 0.494 e. The first-order valence-electron chi connectivity index (χ1n) is 10.6. The molecule has 7 nitrogen and oxygen atoms in total. The van der Waals surface area contributed by atoms with Crippen molar-refractivity contribution in [2.75, 3.05) is 20.3 Å². The minimum absolute atomic E-state index is 0.0697. The first-order chi connectivity index (χ1) is 16.3. The lowest BCUT2D eigenvalue weighted by Crippen LogP contribution is -2.24. The summed E-state index contributed by atoms with van der Waals surface area (Å²) in [7, 11) is 1.44. The van der Waals surface area contributed by atoms with Gasteiger partial charge in [-0.05, 0) is 67.3 Å². The van der Waals surface area contributed by atoms with Crippen LogP contribution in [0.4, 0.5) is 0 Å². The Bertz CT molecular complexity index is 1110. The number of methoxy groups -OCH3 is 1. The molecule has 0 spiro atoms. The molecular formula is C26H27ClN2O5. The summed E-state index contributed by atoms with van der Waals surface area (Å²) >= 11 is 6.16. The number of amides is 1. The van der Waals surface area contributed by atoms with Gasteiger partial charge in [-0.1, -0.05) is 23.7 Å². The number of nitriles is 1. The van der Waals surface area contributed by atoms with E-state index in [0.717, 1.165) is 11.1 Å². The van der Waals surface area contributed by atoms with Gasteiger partial charge >= 0.3 is 5.97 Å². The van der Waals surface area contributed by atoms with Gasteiger partial charge in [-0.15, -0.1) is 6.58 Å². The van der Waals surface area contributed by atoms with Gasteiger partial charge in [-0.2, -0.15) is 5.26 Å². The van der Waals surface area contributed by atoms with E-state index < -0.39 is 11.9 Å². The van der Waals surface area contributed by atoms with Gasteiger partial charge in [0.15, 0.2) is 11.5 Å². The Labute approximate surface area is 204 Å². The van der Waals surface area contributed by atoms with Crippen LogP contribution in [-0.4, -0.2) is 32.1 Å². The highest BCUT2D eigenvalue weighted by Gasteiger charge is 2.13. The molecular weight excluding hydrogens is 456 g/mol. The molecule has 0 saturated carbocycles. The zero-order chi connectivity index (χ0) is 25.1. The van der Waals surface area contributed by atoms with Gasteiger partial charge in [-0.25, -0.2) is 0 Å². The number of rotatable bonds is 11. The molecule has 2 aromatic rings. The van der Waals surface area contributed by atoms with Crippen LogP contribution in [0, 0.1) is 25.2 Å². The molecule has 34 heavy (non-hydrogen) atoms. The Balaban J connectivity index is 1.95. The summed E-state index contributed by atoms with van der Waals surface area (Å²) in [6.07, 6.45) is 3.56. The highest BCUT2D eigenvalue weighted by atomic mass is 35.5. The Kier molecular flexibility index (Phi) is 10.2. The standard InChI is InChI=1S/C26H27ClN2O5/c1-5-10-29-26(31)20(16-28)14-19-8-9-22(23(15-19)32-4)34-24(30)7-6-11-33-21-12-17(2)25(27)18(3)13-21/h5,8-9,12-15H,1,6-7,10-11H2,2-4H3,(H,29,31). The predicted molar refractivity (Wildman–Crippen MR) is 131 cm³/mol. The molecule has 8 heteroatoms. The van der Waals surface area contributed by atoms with E-state index >= 15 is 0 Å². The zero-order valence-electron chi connectivity index (χ0n) is 19.4. The van der Waals surface area contributed by atoms with E-state index in [1.807, 2.05) is 32.0 Å². The van der Waals surface area contributed by atoms with Crippen LogP contribution >= 0.6 is 11.6 Å². The van der Waals surface area contributed by atoms with Crippen LogP contribution in [0.1, 0.15) is 29.5 Å². The Hall–Kier alpha value is -3.76. The van der Waals surface area contributed by atoms with Crippen molar-refractivity contribution >= 4 is 29.6 Å². The summed E-state index contributed by atoms with van der Waals surface area (Å²) in [6.45, 7) is 7.94. The number of nitrogens with zero attached hydrogens (tertiary/aromatic N) is 1. The minimum Gasteiger partial charge on any atom is -0.494 e. The normalized spacial score (nSPS) is 10.7. The first kappa shape index (κ1) is 26.5. The highest BCUT2D eigenvalue weighted by molar-refractivity contribution is 6.32. The van der Waals surface area contributed by atoms with E-state index in [1.165, 1.54) is 19.3 Å². The van der Waals surface area contributed by atoms with Gasteiger partial charge in [0.25, 0.3) is 5.91 Å². The molecule has 178 valence electrons. The number of carbonyl (C=O) groups is 2. The lowest BCUT2D eigenvalue weighted by molar-refractivity contribution is -0.134. The number of hydrogen-bond donors (Lipinski definition) is 1. The molecule has 0 atom stereocenters. The summed E-state index contributed by atoms with van der Waals surface area (Å²) in [4.78, 5) is 24.3. The molecule has 0 heterocycles. The molecule has 0 fully saturated rings. The van der Waals surface area contributed by atoms with Crippen molar-refractivity contribution in [3.63, 3.8) is 0 Å². The van der Waals surface area contributed by atoms with Crippen LogP contribution in [0.25, 0.3) is 6.08 Å². The van der Waals surface area contributed by atoms with Gasteiger partial charge in [-0.3, -0.25) is 9.59 Å². The molecule has 0 bridgehead atoms. The Morgan fingerprint density at radius 2 is 1.88 bits per heavy atom. The highest BCUT2D eigenvalue weighted by Crippen LogP contribution is 2.30. The number of halogens is 1. The molecule has 0 aliphatic carbocycles. The van der Waals surface area contributed by atoms with E-state index in [4.69, 9.17) is 25.8 Å². The average molecular weight is 483 g/mol. The maximum atomic E-state index is 12.3. The summed E-state index contributed by atoms with van der Waals surface area (Å²) in [6, 6.07) is 10.3. The molecule has 0 aliphatic rings. The zero-order valence-corrected chi connectivity index (χ0v) is 20.2. The lowest BCUT2D eigenvalue weighted by atomic mass is 10.1. The van der Waals surface area contributed by atoms with Crippen LogP contribution in [-0.2, 0) is 9.59 Å². The summed E-state index contributed by atoms with van der Waals surface area (Å²) in [5, 5.41) is 12.5. The van der Waals surface area contributed by atoms with Gasteiger partial charge in [0.05, 0.1) is 13.7 Å². The second kappa shape index (κ2) is 13.1. The molecule has 2 aromatic carbocycles. The predicted octanol–water partition coefficient (Wildman–Crippen LogP) is 4.94. The van der Waals surface area contributed by atoms with Crippen LogP contribution in [0.5, 0.6) is 17.2 Å². The quantitative estimate of drug-likeness (QED) is 0.122. The molecule has 1 N–H and O–H groups in total. The molecule has 0 unspecified atom stereocenters. The van der Waals surface area contributed by atoms with Crippen molar-refractivity contribution in [3.05, 3.63) is 70.3 Å². The lowest BCUT2D eigenvalue weighted by Gasteiger charge is -2.11. The number of carbonyl (C=O) groups excluding carboxylic acids is 2. The molecule has 0 radical (unpaired) electrons. The second-order valence-corrected chi connectivity index (χ2v) is 7.75. The summed E-state index contributed by atoms with van der Waals surface area (Å²) in [5.41, 5.74) is 2.34. The number of aryl methyl sites for hydroxylation is 2. The van der Waals surface area contributed by atoms with Crippen LogP contribution < -0.4 is 19.5 Å². The Morgan fingerprint density at radius 1 is 1.18 bits per heavy atom. The fourth-order valence-electron chi connectivity index (χ4n) is 3.00. The van der Waals surface area contributed by atoms with Crippen molar-refractivity contribution < 1.29 is 23.8 Å². The maximum absolute atomic E-state index is 12.3. The number of ether oxygens (including phenoxy) is 3. The summed E-state index contributed by atoms with van der Waals surface area (Å²) < 4.78 is 16.4. The minimum atomic E-state index is -0.511. The Morgan fingerprint density at radius 3 is 2.50 bits per heavy atom. The van der Waals surface area contributed by atoms with Crippen LogP contribution in [0.15, 0.2) is 48.6 Å². The molecule has 2 rings (SSSR count). The van der Waals surface area contributed by atoms with Gasteiger partial charge in [0.2, 0.25) is 0 Å². The first-order valence-corrected chi connectivity index (χ1v) is 11.0. The monoisotopic (exact) mass is 482 g/mol. The molecule has 0 saturated heterocycles. The van der Waals surface area contributed by atoms with E-state index in [9.17, 15) is 14.9 Å². The third-order valence-electron chi connectivity index (χ3n) is 4.70. The smallest absolute Gasteiger partial charge is 0.311 e. The van der Waals surface area contributed by atoms with Crippen LogP contribution in [0.3, 0.4) is 0 Å². The number of hydrogen-bond acceptors (Lipinski definition) is 6. The van der Waals surface area contributed by atoms with E-state index in [2.05, 4.69) is 11.9 Å². The third kappa shape index (κ3) is 7.68. The third-order valence-corrected chi connectivity index (χ3v) is 5.29. The average Bonchev–Trinajstić information content (AvgIpc) is 2.82. The van der Waals surface area contributed by atoms with Crippen molar-refractivity contribution in [2.45, 2.75) is 26.7 Å². The van der Waals surface area contributed by atoms with Crippen molar-refractivity contribution in [3.8, 4) is 23.3 Å². The van der Waals surface area contributed by atoms with E-state index in [0.29, 0.717) is 35.1 Å². The van der Waals surface area contributed by atoms with Crippen molar-refractivity contribution in [1.82, 2.24) is 5.32 Å². The fraction of sp³-hybridized carbons (Fsp3) is 0.269. The SMILES string of the molecule is C=CCNC(=O)C(C#N)=Cc1ccc(OC(=O)CCCOc2cc(C)c(Cl)c(C)c2)c(OC)c1. The van der Waals surface area contributed by atoms with Crippen molar-refractivity contribution in [2.24, 2.45) is 0 Å². The number of nitrogens with one attached hydrogen (secondary N) is 1. The second-order valence-electron chi connectivity index (χ2n) is 7.38. The van der Waals surface area contributed by atoms with Crippen molar-refractivity contribution in [1.29, 1.82) is 5.26 Å². The molecule has 0 aromatic heterocycles. The van der Waals surface area contributed by atoms with E-state index in [1.54, 1.807) is 18.2 Å². The van der Waals surface area contributed by atoms with Crippen LogP contribution in [0.2, 0.25) is 5.02 Å². The fourth-order valence-corrected chi connectivity index (χ4v) is 3.11. The topological polar surface area (TPSA) is 97.7 Å². The maximum Gasteiger partial charge on any atom is 0.311 e. The molecule has 1 amide bonds.